The first kappa shape index (κ1) is 26.2. The molecule has 2 aromatic heterocycles. The highest BCUT2D eigenvalue weighted by Gasteiger charge is 2.31. The fourth-order valence-electron chi connectivity index (χ4n) is 4.57. The molecule has 0 aliphatic carbocycles. The van der Waals surface area contributed by atoms with E-state index in [0.29, 0.717) is 31.5 Å². The number of aryl methyl sites for hydroxylation is 2. The van der Waals surface area contributed by atoms with Crippen molar-refractivity contribution in [2.75, 3.05) is 13.1 Å². The van der Waals surface area contributed by atoms with Crippen molar-refractivity contribution >= 4 is 27.5 Å². The van der Waals surface area contributed by atoms with Gasteiger partial charge < -0.3 is 10.0 Å². The van der Waals surface area contributed by atoms with Crippen LogP contribution in [0.4, 0.5) is 13.2 Å². The number of carbonyl (C=O) groups excluding carboxylic acids is 1. The predicted molar refractivity (Wildman–Crippen MR) is 132 cm³/mol. The van der Waals surface area contributed by atoms with Gasteiger partial charge in [-0.05, 0) is 36.8 Å². The van der Waals surface area contributed by atoms with Gasteiger partial charge >= 0.3 is 11.9 Å². The maximum absolute atomic E-state index is 13.5. The summed E-state index contributed by atoms with van der Waals surface area (Å²) in [5.74, 6) is -0.594. The first-order valence-corrected chi connectivity index (χ1v) is 12.7. The number of alkyl halides is 3. The molecule has 1 amide bonds. The van der Waals surface area contributed by atoms with E-state index in [1.807, 2.05) is 37.3 Å². The van der Waals surface area contributed by atoms with Crippen LogP contribution in [0.15, 0.2) is 39.9 Å². The number of aliphatic hydroxyl groups excluding tert-OH is 1. The number of nitrogens with zero attached hydrogens (tertiary/aromatic N) is 3. The zero-order valence-electron chi connectivity index (χ0n) is 20.0. The Balaban J connectivity index is 1.83. The average Bonchev–Trinajstić information content (AvgIpc) is 3.18. The SMILES string of the molecule is Cc1c(C(=O)N2CCC(O)CC2)sc2c1c(=O)n(CC(C)c1ccccc1)c(=O)n2CCC(F)(F)F. The molecule has 7 nitrogen and oxygen atoms in total. The van der Waals surface area contributed by atoms with Gasteiger partial charge in [-0.25, -0.2) is 4.79 Å². The number of carbonyl (C=O) groups is 1. The molecule has 1 aliphatic heterocycles. The second kappa shape index (κ2) is 10.2. The third-order valence-electron chi connectivity index (χ3n) is 6.68. The van der Waals surface area contributed by atoms with Gasteiger partial charge in [0.05, 0.1) is 22.8 Å². The Bertz CT molecular complexity index is 1370. The van der Waals surface area contributed by atoms with Gasteiger partial charge in [0, 0.05) is 26.2 Å². The number of fused-ring (bicyclic) bond motifs is 1. The third-order valence-corrected chi connectivity index (χ3v) is 7.99. The summed E-state index contributed by atoms with van der Waals surface area (Å²) in [4.78, 5) is 42.0. The number of piperidine rings is 1. The van der Waals surface area contributed by atoms with E-state index in [4.69, 9.17) is 0 Å². The van der Waals surface area contributed by atoms with Crippen molar-refractivity contribution in [3.8, 4) is 0 Å². The van der Waals surface area contributed by atoms with Crippen LogP contribution >= 0.6 is 11.3 Å². The molecule has 36 heavy (non-hydrogen) atoms. The molecular weight excluding hydrogens is 495 g/mol. The maximum Gasteiger partial charge on any atom is 0.390 e. The smallest absolute Gasteiger partial charge is 0.390 e. The minimum atomic E-state index is -4.50. The molecule has 194 valence electrons. The van der Waals surface area contributed by atoms with E-state index in [1.165, 1.54) is 0 Å². The molecule has 1 aromatic carbocycles. The second-order valence-electron chi connectivity index (χ2n) is 9.29. The Morgan fingerprint density at radius 3 is 2.39 bits per heavy atom. The first-order chi connectivity index (χ1) is 17.0. The first-order valence-electron chi connectivity index (χ1n) is 11.8. The summed E-state index contributed by atoms with van der Waals surface area (Å²) >= 11 is 0.885. The summed E-state index contributed by atoms with van der Waals surface area (Å²) in [6.45, 7) is 3.46. The molecule has 0 radical (unpaired) electrons. The lowest BCUT2D eigenvalue weighted by Gasteiger charge is -2.29. The van der Waals surface area contributed by atoms with Crippen molar-refractivity contribution in [3.63, 3.8) is 0 Å². The van der Waals surface area contributed by atoms with Crippen LogP contribution in [0.5, 0.6) is 0 Å². The molecule has 1 fully saturated rings. The van der Waals surface area contributed by atoms with Crippen molar-refractivity contribution in [1.82, 2.24) is 14.0 Å². The number of rotatable bonds is 6. The molecule has 3 heterocycles. The van der Waals surface area contributed by atoms with Gasteiger partial charge in [-0.2, -0.15) is 13.2 Å². The van der Waals surface area contributed by atoms with E-state index in [9.17, 15) is 32.7 Å². The molecule has 11 heteroatoms. The van der Waals surface area contributed by atoms with Crippen LogP contribution in [0.3, 0.4) is 0 Å². The number of aromatic nitrogens is 2. The number of halogens is 3. The number of aliphatic hydroxyl groups is 1. The zero-order valence-corrected chi connectivity index (χ0v) is 20.9. The van der Waals surface area contributed by atoms with E-state index in [1.54, 1.807) is 11.8 Å². The Labute approximate surface area is 209 Å². The van der Waals surface area contributed by atoms with Crippen molar-refractivity contribution in [1.29, 1.82) is 0 Å². The molecule has 0 saturated carbocycles. The molecular formula is C25H28F3N3O4S. The highest BCUT2D eigenvalue weighted by atomic mass is 32.1. The number of amides is 1. The molecule has 1 saturated heterocycles. The largest absolute Gasteiger partial charge is 0.393 e. The Kier molecular flexibility index (Phi) is 7.42. The molecule has 3 aromatic rings. The van der Waals surface area contributed by atoms with Crippen LogP contribution in [0, 0.1) is 6.92 Å². The van der Waals surface area contributed by atoms with Gasteiger partial charge in [-0.15, -0.1) is 11.3 Å². The number of benzene rings is 1. The van der Waals surface area contributed by atoms with E-state index in [-0.39, 0.29) is 33.5 Å². The lowest BCUT2D eigenvalue weighted by molar-refractivity contribution is -0.136. The molecule has 0 spiro atoms. The predicted octanol–water partition coefficient (Wildman–Crippen LogP) is 3.89. The summed E-state index contributed by atoms with van der Waals surface area (Å²) < 4.78 is 41.3. The number of hydrogen-bond acceptors (Lipinski definition) is 5. The van der Waals surface area contributed by atoms with Gasteiger partial charge in [0.15, 0.2) is 0 Å². The minimum absolute atomic E-state index is 0.00772. The molecule has 0 bridgehead atoms. The summed E-state index contributed by atoms with van der Waals surface area (Å²) in [6, 6.07) is 9.23. The van der Waals surface area contributed by atoms with Gasteiger partial charge in [-0.3, -0.25) is 18.7 Å². The van der Waals surface area contributed by atoms with Crippen LogP contribution < -0.4 is 11.2 Å². The van der Waals surface area contributed by atoms with E-state index in [2.05, 4.69) is 0 Å². The summed E-state index contributed by atoms with van der Waals surface area (Å²) in [5, 5.41) is 9.85. The minimum Gasteiger partial charge on any atom is -0.393 e. The highest BCUT2D eigenvalue weighted by molar-refractivity contribution is 7.20. The molecule has 1 unspecified atom stereocenters. The number of likely N-dealkylation sites (tertiary alicyclic amines) is 1. The Morgan fingerprint density at radius 2 is 1.78 bits per heavy atom. The second-order valence-corrected chi connectivity index (χ2v) is 10.3. The summed E-state index contributed by atoms with van der Waals surface area (Å²) in [6.07, 6.45) is -5.36. The van der Waals surface area contributed by atoms with Crippen molar-refractivity contribution < 1.29 is 23.1 Å². The van der Waals surface area contributed by atoms with Gasteiger partial charge in [0.2, 0.25) is 0 Å². The van der Waals surface area contributed by atoms with Crippen LogP contribution in [0.1, 0.15) is 52.9 Å². The molecule has 1 aliphatic rings. The lowest BCUT2D eigenvalue weighted by Crippen LogP contribution is -2.41. The maximum atomic E-state index is 13.5. The normalized spacial score (nSPS) is 16.0. The lowest BCUT2D eigenvalue weighted by atomic mass is 10.0. The fraction of sp³-hybridized carbons (Fsp3) is 0.480. The quantitative estimate of drug-likeness (QED) is 0.532. The standard InChI is InChI=1S/C25H28F3N3O4S/c1-15(17-6-4-3-5-7-17)14-31-21(33)19-16(2)20(22(34)29-11-8-18(32)9-12-29)36-23(19)30(24(31)35)13-10-25(26,27)28/h3-7,15,18,32H,8-14H2,1-2H3. The molecule has 1 N–H and O–H groups in total. The van der Waals surface area contributed by atoms with Gasteiger partial charge in [0.25, 0.3) is 11.5 Å². The van der Waals surface area contributed by atoms with Gasteiger partial charge in [0.1, 0.15) is 4.83 Å². The average molecular weight is 524 g/mol. The topological polar surface area (TPSA) is 84.5 Å². The van der Waals surface area contributed by atoms with E-state index >= 15 is 0 Å². The van der Waals surface area contributed by atoms with E-state index in [0.717, 1.165) is 26.0 Å². The third kappa shape index (κ3) is 5.27. The van der Waals surface area contributed by atoms with Gasteiger partial charge in [-0.1, -0.05) is 37.3 Å². The monoisotopic (exact) mass is 523 g/mol. The number of thiophene rings is 1. The Hall–Kier alpha value is -2.92. The van der Waals surface area contributed by atoms with Crippen molar-refractivity contribution in [3.05, 3.63) is 67.2 Å². The van der Waals surface area contributed by atoms with Crippen LogP contribution in [0.25, 0.3) is 10.2 Å². The molecule has 1 atom stereocenters. The van der Waals surface area contributed by atoms with Crippen LogP contribution in [0.2, 0.25) is 0 Å². The van der Waals surface area contributed by atoms with Crippen molar-refractivity contribution in [2.45, 2.75) is 64.4 Å². The van der Waals surface area contributed by atoms with Crippen LogP contribution in [-0.2, 0) is 13.1 Å². The summed E-state index contributed by atoms with van der Waals surface area (Å²) in [7, 11) is 0. The van der Waals surface area contributed by atoms with Crippen molar-refractivity contribution in [2.24, 2.45) is 0 Å². The van der Waals surface area contributed by atoms with E-state index < -0.39 is 36.5 Å². The van der Waals surface area contributed by atoms with Crippen LogP contribution in [-0.4, -0.2) is 50.4 Å². The highest BCUT2D eigenvalue weighted by Crippen LogP contribution is 2.31. The Morgan fingerprint density at radius 1 is 1.14 bits per heavy atom. The molecule has 4 rings (SSSR count). The number of hydrogen-bond donors (Lipinski definition) is 1. The summed E-state index contributed by atoms with van der Waals surface area (Å²) in [5.41, 5.74) is -0.183. The zero-order chi connectivity index (χ0) is 26.2. The fourth-order valence-corrected chi connectivity index (χ4v) is 5.86.